The van der Waals surface area contributed by atoms with Crippen LogP contribution < -0.4 is 4.74 Å². The van der Waals surface area contributed by atoms with E-state index in [4.69, 9.17) is 4.74 Å². The number of nitrogens with one attached hydrogen (secondary N) is 1. The van der Waals surface area contributed by atoms with Crippen molar-refractivity contribution in [3.8, 4) is 5.75 Å². The van der Waals surface area contributed by atoms with Crippen LogP contribution in [-0.2, 0) is 0 Å². The molecule has 1 N–H and O–H groups in total. The van der Waals surface area contributed by atoms with E-state index < -0.39 is 11.8 Å². The highest BCUT2D eigenvalue weighted by Gasteiger charge is 2.17. The summed E-state index contributed by atoms with van der Waals surface area (Å²) in [5, 5.41) is 0.655. The van der Waals surface area contributed by atoms with Gasteiger partial charge in [-0.3, -0.25) is 9.97 Å². The number of rotatable bonds is 2. The first-order valence-electron chi connectivity index (χ1n) is 6.91. The van der Waals surface area contributed by atoms with Crippen LogP contribution in [0.3, 0.4) is 0 Å². The first-order chi connectivity index (χ1) is 11.2. The largest absolute Gasteiger partial charge is 0.423 e. The van der Waals surface area contributed by atoms with E-state index >= 15 is 0 Å². The summed E-state index contributed by atoms with van der Waals surface area (Å²) in [5.41, 5.74) is 2.37. The summed E-state index contributed by atoms with van der Waals surface area (Å²) in [5.74, 6) is -0.656. The predicted molar refractivity (Wildman–Crippen MR) is 82.8 cm³/mol. The highest BCUT2D eigenvalue weighted by molar-refractivity contribution is 6.13. The summed E-state index contributed by atoms with van der Waals surface area (Å²) in [6.45, 7) is 0. The molecule has 1 aromatic carbocycles. The number of aromatic nitrogens is 3. The molecule has 4 rings (SSSR count). The van der Waals surface area contributed by atoms with Gasteiger partial charge in [0.15, 0.2) is 0 Å². The highest BCUT2D eigenvalue weighted by Crippen LogP contribution is 2.26. The first kappa shape index (κ1) is 13.4. The Balaban J connectivity index is 1.80. The van der Waals surface area contributed by atoms with Crippen LogP contribution in [0, 0.1) is 5.82 Å². The summed E-state index contributed by atoms with van der Waals surface area (Å²) < 4.78 is 18.2. The van der Waals surface area contributed by atoms with Gasteiger partial charge in [0, 0.05) is 17.8 Å². The second-order valence-electron chi connectivity index (χ2n) is 4.96. The molecule has 0 aliphatic carbocycles. The molecule has 0 unspecified atom stereocenters. The third kappa shape index (κ3) is 2.30. The van der Waals surface area contributed by atoms with Gasteiger partial charge in [-0.1, -0.05) is 0 Å². The van der Waals surface area contributed by atoms with Crippen LogP contribution in [-0.4, -0.2) is 20.9 Å². The molecular weight excluding hydrogens is 297 g/mol. The second-order valence-corrected chi connectivity index (χ2v) is 4.96. The van der Waals surface area contributed by atoms with E-state index in [0.717, 1.165) is 0 Å². The van der Waals surface area contributed by atoms with Gasteiger partial charge in [0.25, 0.3) is 0 Å². The van der Waals surface area contributed by atoms with Gasteiger partial charge in [0.2, 0.25) is 0 Å². The molecule has 0 spiro atoms. The van der Waals surface area contributed by atoms with Gasteiger partial charge in [-0.2, -0.15) is 0 Å². The maximum absolute atomic E-state index is 12.9. The van der Waals surface area contributed by atoms with Crippen LogP contribution >= 0.6 is 0 Å². The molecule has 23 heavy (non-hydrogen) atoms. The minimum Gasteiger partial charge on any atom is -0.423 e. The summed E-state index contributed by atoms with van der Waals surface area (Å²) in [6.07, 6.45) is 4.85. The maximum atomic E-state index is 12.9. The minimum atomic E-state index is -0.541. The summed E-state index contributed by atoms with van der Waals surface area (Å²) >= 11 is 0. The topological polar surface area (TPSA) is 67.9 Å². The molecule has 3 aromatic heterocycles. The van der Waals surface area contributed by atoms with Gasteiger partial charge in [-0.25, -0.2) is 9.18 Å². The quantitative estimate of drug-likeness (QED) is 0.455. The van der Waals surface area contributed by atoms with Crippen molar-refractivity contribution in [3.63, 3.8) is 0 Å². The highest BCUT2D eigenvalue weighted by atomic mass is 19.1. The zero-order valence-electron chi connectivity index (χ0n) is 11.8. The Kier molecular flexibility index (Phi) is 3.01. The molecule has 6 heteroatoms. The van der Waals surface area contributed by atoms with Crippen LogP contribution in [0.2, 0.25) is 0 Å². The van der Waals surface area contributed by atoms with Crippen molar-refractivity contribution >= 4 is 27.9 Å². The summed E-state index contributed by atoms with van der Waals surface area (Å²) in [4.78, 5) is 24.0. The molecule has 5 nitrogen and oxygen atoms in total. The van der Waals surface area contributed by atoms with E-state index in [1.54, 1.807) is 24.7 Å². The Hall–Kier alpha value is -3.28. The number of esters is 1. The van der Waals surface area contributed by atoms with Crippen LogP contribution in [0.25, 0.3) is 21.9 Å². The molecule has 0 saturated carbocycles. The number of benzene rings is 1. The Morgan fingerprint density at radius 1 is 1.13 bits per heavy atom. The summed E-state index contributed by atoms with van der Waals surface area (Å²) in [6, 6.07) is 8.88. The lowest BCUT2D eigenvalue weighted by Crippen LogP contribution is -2.08. The van der Waals surface area contributed by atoms with Crippen molar-refractivity contribution in [1.29, 1.82) is 0 Å². The van der Waals surface area contributed by atoms with Crippen molar-refractivity contribution < 1.29 is 13.9 Å². The van der Waals surface area contributed by atoms with E-state index in [2.05, 4.69) is 15.0 Å². The fourth-order valence-corrected chi connectivity index (χ4v) is 2.45. The van der Waals surface area contributed by atoms with Crippen LogP contribution in [0.5, 0.6) is 5.75 Å². The number of hydrogen-bond acceptors (Lipinski definition) is 4. The fourth-order valence-electron chi connectivity index (χ4n) is 2.45. The number of ether oxygens (including phenoxy) is 1. The van der Waals surface area contributed by atoms with Crippen molar-refractivity contribution in [2.24, 2.45) is 0 Å². The van der Waals surface area contributed by atoms with Gasteiger partial charge in [-0.05, 0) is 36.4 Å². The molecule has 0 aliphatic heterocycles. The molecule has 4 aromatic rings. The third-order valence-corrected chi connectivity index (χ3v) is 3.51. The number of halogens is 1. The molecule has 0 saturated heterocycles. The average molecular weight is 307 g/mol. The van der Waals surface area contributed by atoms with E-state index in [1.165, 1.54) is 24.3 Å². The lowest BCUT2D eigenvalue weighted by atomic mass is 10.1. The molecule has 0 aliphatic rings. The zero-order chi connectivity index (χ0) is 15.8. The molecule has 0 bridgehead atoms. The number of aromatic amines is 1. The number of nitrogens with zero attached hydrogens (tertiary/aromatic N) is 2. The normalized spacial score (nSPS) is 11.0. The number of carbonyl (C=O) groups excluding carboxylic acids is 1. The number of carbonyl (C=O) groups is 1. The SMILES string of the molecule is O=C(Oc1ccc(F)cc1)c1c[nH]c2cnc3cccnc3c12. The Labute approximate surface area is 129 Å². The Bertz CT molecular complexity index is 1030. The summed E-state index contributed by atoms with van der Waals surface area (Å²) in [7, 11) is 0. The molecule has 0 fully saturated rings. The molecule has 0 radical (unpaired) electrons. The number of pyridine rings is 2. The smallest absolute Gasteiger partial charge is 0.345 e. The van der Waals surface area contributed by atoms with E-state index in [0.29, 0.717) is 27.5 Å². The van der Waals surface area contributed by atoms with Crippen molar-refractivity contribution in [1.82, 2.24) is 15.0 Å². The number of H-pyrrole nitrogens is 1. The van der Waals surface area contributed by atoms with Gasteiger partial charge >= 0.3 is 5.97 Å². The molecule has 0 amide bonds. The monoisotopic (exact) mass is 307 g/mol. The first-order valence-corrected chi connectivity index (χ1v) is 6.91. The third-order valence-electron chi connectivity index (χ3n) is 3.51. The Morgan fingerprint density at radius 3 is 2.78 bits per heavy atom. The predicted octanol–water partition coefficient (Wildman–Crippen LogP) is 3.47. The molecular formula is C17H10FN3O2. The maximum Gasteiger partial charge on any atom is 0.345 e. The van der Waals surface area contributed by atoms with Crippen molar-refractivity contribution in [3.05, 3.63) is 66.4 Å². The van der Waals surface area contributed by atoms with E-state index in [1.807, 2.05) is 6.07 Å². The number of hydrogen-bond donors (Lipinski definition) is 1. The van der Waals surface area contributed by atoms with E-state index in [-0.39, 0.29) is 5.75 Å². The van der Waals surface area contributed by atoms with E-state index in [9.17, 15) is 9.18 Å². The standard InChI is InChI=1S/C17H10FN3O2/c18-10-3-5-11(6-4-10)23-17(22)12-8-20-14-9-21-13-2-1-7-19-16(13)15(12)14/h1-9,20H. The van der Waals surface area contributed by atoms with Crippen LogP contribution in [0.15, 0.2) is 55.0 Å². The molecule has 3 heterocycles. The lowest BCUT2D eigenvalue weighted by Gasteiger charge is -2.04. The van der Waals surface area contributed by atoms with Crippen molar-refractivity contribution in [2.45, 2.75) is 0 Å². The van der Waals surface area contributed by atoms with Crippen LogP contribution in [0.4, 0.5) is 4.39 Å². The van der Waals surface area contributed by atoms with Gasteiger partial charge < -0.3 is 9.72 Å². The van der Waals surface area contributed by atoms with Gasteiger partial charge in [0.05, 0.1) is 28.3 Å². The van der Waals surface area contributed by atoms with Crippen molar-refractivity contribution in [2.75, 3.05) is 0 Å². The minimum absolute atomic E-state index is 0.275. The average Bonchev–Trinajstić information content (AvgIpc) is 3.01. The fraction of sp³-hybridized carbons (Fsp3) is 0. The molecule has 112 valence electrons. The molecule has 0 atom stereocenters. The lowest BCUT2D eigenvalue weighted by molar-refractivity contribution is 0.0737. The van der Waals surface area contributed by atoms with Gasteiger partial charge in [-0.15, -0.1) is 0 Å². The number of fused-ring (bicyclic) bond motifs is 3. The second kappa shape index (κ2) is 5.17. The van der Waals surface area contributed by atoms with Gasteiger partial charge in [0.1, 0.15) is 11.6 Å². The zero-order valence-corrected chi connectivity index (χ0v) is 11.8. The van der Waals surface area contributed by atoms with Crippen LogP contribution in [0.1, 0.15) is 10.4 Å². The Morgan fingerprint density at radius 2 is 1.96 bits per heavy atom.